The van der Waals surface area contributed by atoms with Gasteiger partial charge in [0.2, 0.25) is 0 Å². The molecule has 0 atom stereocenters. The van der Waals surface area contributed by atoms with E-state index in [1.54, 1.807) is 18.2 Å². The summed E-state index contributed by atoms with van der Waals surface area (Å²) in [5.74, 6) is -0.808. The minimum Gasteiger partial charge on any atom is -0.493 e. The molecule has 0 bridgehead atoms. The van der Waals surface area contributed by atoms with E-state index in [9.17, 15) is 18.4 Å². The summed E-state index contributed by atoms with van der Waals surface area (Å²) in [7, 11) is 1.35. The predicted octanol–water partition coefficient (Wildman–Crippen LogP) is 1.44. The van der Waals surface area contributed by atoms with Crippen molar-refractivity contribution < 1.29 is 36.1 Å². The molecule has 11 heteroatoms. The van der Waals surface area contributed by atoms with Gasteiger partial charge in [-0.3, -0.25) is 0 Å². The van der Waals surface area contributed by atoms with Crippen molar-refractivity contribution in [3.05, 3.63) is 47.0 Å². The Hall–Kier alpha value is -2.45. The second-order valence-electron chi connectivity index (χ2n) is 5.47. The molecule has 0 heterocycles. The fraction of sp³-hybridized carbons (Fsp3) is 0.222. The van der Waals surface area contributed by atoms with Crippen LogP contribution in [0.15, 0.2) is 36.4 Å². The van der Waals surface area contributed by atoms with E-state index in [-0.39, 0.29) is 16.7 Å². The van der Waals surface area contributed by atoms with Crippen molar-refractivity contribution in [3.63, 3.8) is 0 Å². The number of rotatable bonds is 5. The molecule has 0 aromatic heterocycles. The van der Waals surface area contributed by atoms with Crippen molar-refractivity contribution in [2.45, 2.75) is 13.8 Å². The number of hydrogen-bond acceptors (Lipinski definition) is 6. The second-order valence-corrected chi connectivity index (χ2v) is 9.17. The zero-order valence-corrected chi connectivity index (χ0v) is 18.5. The van der Waals surface area contributed by atoms with Crippen molar-refractivity contribution in [2.24, 2.45) is 0 Å². The van der Waals surface area contributed by atoms with Gasteiger partial charge in [-0.15, -0.1) is 0 Å². The molecule has 0 unspecified atom stereocenters. The first-order valence-corrected chi connectivity index (χ1v) is 11.9. The minimum absolute atomic E-state index is 0.0484. The van der Waals surface area contributed by atoms with E-state index in [0.29, 0.717) is 17.9 Å². The van der Waals surface area contributed by atoms with Crippen LogP contribution in [0.3, 0.4) is 0 Å². The van der Waals surface area contributed by atoms with Crippen LogP contribution >= 0.6 is 11.6 Å². The van der Waals surface area contributed by atoms with Crippen LogP contribution in [0.25, 0.3) is 0 Å². The maximum Gasteiger partial charge on any atom is 0.341 e. The third kappa shape index (κ3) is 7.47. The number of halogens is 1. The molecule has 158 valence electrons. The summed E-state index contributed by atoms with van der Waals surface area (Å²) in [4.78, 5) is 22.0. The third-order valence-electron chi connectivity index (χ3n) is 3.28. The van der Waals surface area contributed by atoms with Crippen LogP contribution in [0.4, 0.5) is 5.69 Å². The van der Waals surface area contributed by atoms with Gasteiger partial charge in [-0.2, -0.15) is 0 Å². The molecule has 0 aliphatic carbocycles. The molecule has 0 saturated heterocycles. The van der Waals surface area contributed by atoms with Crippen LogP contribution in [-0.2, 0) is 13.3 Å². The second kappa shape index (κ2) is 10.9. The van der Waals surface area contributed by atoms with Gasteiger partial charge in [0, 0.05) is 0 Å². The number of phenolic OH excluding ortho intramolecular Hbond substituents is 1. The number of ether oxygens (including phenoxy) is 2. The first-order valence-electron chi connectivity index (χ1n) is 8.17. The number of benzene rings is 2. The van der Waals surface area contributed by atoms with Gasteiger partial charge in [0.25, 0.3) is 0 Å². The molecule has 9 nitrogen and oxygen atoms in total. The Morgan fingerprint density at radius 3 is 2.34 bits per heavy atom. The Bertz CT molecular complexity index is 928. The van der Waals surface area contributed by atoms with Gasteiger partial charge >= 0.3 is 105 Å². The third-order valence-corrected chi connectivity index (χ3v) is 5.66. The number of methoxy groups -OCH3 is 1. The van der Waals surface area contributed by atoms with Crippen LogP contribution in [0, 0.1) is 0 Å². The van der Waals surface area contributed by atoms with Gasteiger partial charge < -0.3 is 9.47 Å². The smallest absolute Gasteiger partial charge is 0.341 e. The maximum absolute atomic E-state index is 11.2. The first kappa shape index (κ1) is 24.6. The molecule has 2 aromatic rings. The number of aromatic hydroxyl groups is 1. The molecule has 0 aliphatic rings. The number of hydrogen-bond donors (Lipinski definition) is 4. The average molecular weight is 490 g/mol. The van der Waals surface area contributed by atoms with E-state index in [4.69, 9.17) is 24.5 Å². The normalized spacial score (nSPS) is 10.4. The fourth-order valence-electron chi connectivity index (χ4n) is 2.10. The molecule has 0 aliphatic heterocycles. The molecule has 0 radical (unpaired) electrons. The summed E-state index contributed by atoms with van der Waals surface area (Å²) in [6.45, 7) is 3.65. The summed E-state index contributed by atoms with van der Waals surface area (Å²) >= 11 is 0.484. The van der Waals surface area contributed by atoms with Gasteiger partial charge in [-0.1, -0.05) is 12.1 Å². The van der Waals surface area contributed by atoms with E-state index in [1.165, 1.54) is 14.0 Å². The Kier molecular flexibility index (Phi) is 9.26. The van der Waals surface area contributed by atoms with Gasteiger partial charge in [0.1, 0.15) is 11.3 Å². The summed E-state index contributed by atoms with van der Waals surface area (Å²) in [5.41, 5.74) is 0.561. The van der Waals surface area contributed by atoms with Crippen molar-refractivity contribution in [2.75, 3.05) is 19.0 Å². The van der Waals surface area contributed by atoms with E-state index in [1.807, 2.05) is 13.0 Å². The van der Waals surface area contributed by atoms with Crippen LogP contribution < -0.4 is 14.4 Å². The number of esters is 1. The van der Waals surface area contributed by atoms with Gasteiger partial charge in [0.15, 0.2) is 0 Å². The largest absolute Gasteiger partial charge is 0.493 e. The van der Waals surface area contributed by atoms with E-state index < -0.39 is 30.2 Å². The Labute approximate surface area is 175 Å². The number of anilines is 1. The standard InChI is InChI=1S/C10H12O3.C8H9AsClNO5/c1-3-13-9-7-5-4-6-8(9)10(11)12-2;1-4(12)11-7-3-8(13)5(2-6(7)10)9(14,15)16/h4-7H,3H2,1-2H3;2-3,13H,1H3,(H,11,12)(H2,14,15,16). The molecule has 0 saturated carbocycles. The zero-order valence-electron chi connectivity index (χ0n) is 15.9. The fourth-order valence-corrected chi connectivity index (χ4v) is 3.86. The molecular weight excluding hydrogens is 469 g/mol. The topological polar surface area (TPSA) is 142 Å². The molecular formula is C18H21AsClNO8. The van der Waals surface area contributed by atoms with Crippen molar-refractivity contribution in [3.8, 4) is 11.5 Å². The summed E-state index contributed by atoms with van der Waals surface area (Å²) in [6.07, 6.45) is 0. The Morgan fingerprint density at radius 1 is 1.21 bits per heavy atom. The maximum atomic E-state index is 11.2. The number of carbonyl (C=O) groups excluding carboxylic acids is 2. The van der Waals surface area contributed by atoms with E-state index >= 15 is 0 Å². The number of amides is 1. The predicted molar refractivity (Wildman–Crippen MR) is 107 cm³/mol. The molecule has 4 N–H and O–H groups in total. The van der Waals surface area contributed by atoms with Crippen LogP contribution in [0.2, 0.25) is 5.02 Å². The number of nitrogens with one attached hydrogen (secondary N) is 1. The van der Waals surface area contributed by atoms with Crippen molar-refractivity contribution >= 4 is 47.7 Å². The number of carbonyl (C=O) groups is 2. The summed E-state index contributed by atoms with van der Waals surface area (Å²) in [5, 5.41) is 11.6. The quantitative estimate of drug-likeness (QED) is 0.365. The van der Waals surface area contributed by atoms with E-state index in [0.717, 1.165) is 12.1 Å². The molecule has 2 aromatic carbocycles. The average Bonchev–Trinajstić information content (AvgIpc) is 2.64. The first-order chi connectivity index (χ1) is 13.5. The van der Waals surface area contributed by atoms with E-state index in [2.05, 4.69) is 10.1 Å². The van der Waals surface area contributed by atoms with Gasteiger partial charge in [0.05, 0.1) is 13.7 Å². The monoisotopic (exact) mass is 489 g/mol. The number of para-hydroxylation sites is 1. The van der Waals surface area contributed by atoms with Crippen LogP contribution in [0.5, 0.6) is 11.5 Å². The van der Waals surface area contributed by atoms with Crippen molar-refractivity contribution in [1.29, 1.82) is 0 Å². The van der Waals surface area contributed by atoms with Crippen LogP contribution in [-0.4, -0.2) is 53.1 Å². The molecule has 29 heavy (non-hydrogen) atoms. The van der Waals surface area contributed by atoms with Crippen LogP contribution in [0.1, 0.15) is 24.2 Å². The molecule has 2 rings (SSSR count). The number of phenols is 1. The SMILES string of the molecule is CC(=O)Nc1cc(O)c([As](=O)(O)O)cc1Cl.CCOc1ccccc1C(=O)OC. The van der Waals surface area contributed by atoms with Crippen molar-refractivity contribution in [1.82, 2.24) is 0 Å². The Balaban J connectivity index is 0.000000296. The zero-order chi connectivity index (χ0) is 22.2. The molecule has 1 amide bonds. The summed E-state index contributed by atoms with van der Waals surface area (Å²) < 4.78 is 38.2. The van der Waals surface area contributed by atoms with Gasteiger partial charge in [-0.25, -0.2) is 4.79 Å². The minimum atomic E-state index is -5.21. The molecule has 0 spiro atoms. The van der Waals surface area contributed by atoms with Gasteiger partial charge in [-0.05, 0) is 19.1 Å². The Morgan fingerprint density at radius 2 is 1.83 bits per heavy atom. The summed E-state index contributed by atoms with van der Waals surface area (Å²) in [6, 6.07) is 8.96. The molecule has 0 fully saturated rings.